The van der Waals surface area contributed by atoms with Crippen LogP contribution < -0.4 is 14.7 Å². The van der Waals surface area contributed by atoms with Gasteiger partial charge < -0.3 is 24.4 Å². The average Bonchev–Trinajstić information content (AvgIpc) is 3.28. The molecule has 36 heavy (non-hydrogen) atoms. The Morgan fingerprint density at radius 2 is 1.83 bits per heavy atom. The van der Waals surface area contributed by atoms with E-state index in [1.54, 1.807) is 0 Å². The molecule has 0 atom stereocenters. The fourth-order valence-corrected chi connectivity index (χ4v) is 5.69. The van der Waals surface area contributed by atoms with Gasteiger partial charge in [-0.3, -0.25) is 4.79 Å². The normalized spacial score (nSPS) is 18.6. The number of nitrogens with one attached hydrogen (secondary N) is 1. The van der Waals surface area contributed by atoms with Gasteiger partial charge in [-0.05, 0) is 50.1 Å². The van der Waals surface area contributed by atoms with Crippen LogP contribution in [0, 0.1) is 12.8 Å². The maximum Gasteiger partial charge on any atom is 0.230 e. The second-order valence-electron chi connectivity index (χ2n) is 9.78. The van der Waals surface area contributed by atoms with Crippen molar-refractivity contribution in [3.8, 4) is 11.3 Å². The highest BCUT2D eigenvalue weighted by Crippen LogP contribution is 2.39. The summed E-state index contributed by atoms with van der Waals surface area (Å²) in [4.78, 5) is 33.5. The van der Waals surface area contributed by atoms with Crippen LogP contribution in [0.3, 0.4) is 0 Å². The molecule has 9 heteroatoms. The molecule has 0 unspecified atom stereocenters. The molecule has 1 amide bonds. The van der Waals surface area contributed by atoms with Gasteiger partial charge in [0, 0.05) is 61.3 Å². The van der Waals surface area contributed by atoms with Crippen molar-refractivity contribution in [3.63, 3.8) is 0 Å². The number of morpholine rings is 1. The highest BCUT2D eigenvalue weighted by Gasteiger charge is 2.33. The smallest absolute Gasteiger partial charge is 0.230 e. The molecule has 2 aromatic heterocycles. The number of hydrogen-bond donors (Lipinski definition) is 1. The van der Waals surface area contributed by atoms with E-state index in [1.807, 2.05) is 42.2 Å². The van der Waals surface area contributed by atoms with E-state index >= 15 is 0 Å². The first kappa shape index (κ1) is 23.3. The molecule has 0 spiro atoms. The number of benzene rings is 1. The molecule has 0 radical (unpaired) electrons. The number of H-pyrrole nitrogens is 1. The summed E-state index contributed by atoms with van der Waals surface area (Å²) in [5.74, 6) is 2.04. The number of piperidine rings is 1. The lowest BCUT2D eigenvalue weighted by Gasteiger charge is -2.35. The van der Waals surface area contributed by atoms with Crippen LogP contribution in [0.15, 0.2) is 36.4 Å². The van der Waals surface area contributed by atoms with Crippen molar-refractivity contribution >= 4 is 35.0 Å². The summed E-state index contributed by atoms with van der Waals surface area (Å²) in [5, 5.41) is 0.649. The summed E-state index contributed by atoms with van der Waals surface area (Å²) in [6, 6.07) is 11.9. The Morgan fingerprint density at radius 1 is 1.03 bits per heavy atom. The predicted octanol–water partition coefficient (Wildman–Crippen LogP) is 4.08. The number of pyridine rings is 1. The lowest BCUT2D eigenvalue weighted by Crippen LogP contribution is -2.43. The topological polar surface area (TPSA) is 77.6 Å². The summed E-state index contributed by atoms with van der Waals surface area (Å²) < 4.78 is 5.50. The fourth-order valence-electron chi connectivity index (χ4n) is 5.52. The molecular formula is C27H31ClN6O2. The highest BCUT2D eigenvalue weighted by atomic mass is 35.5. The molecule has 0 saturated carbocycles. The number of aromatic amines is 1. The Balaban J connectivity index is 1.23. The quantitative estimate of drug-likeness (QED) is 0.577. The van der Waals surface area contributed by atoms with Crippen molar-refractivity contribution in [3.05, 3.63) is 52.8 Å². The van der Waals surface area contributed by atoms with Crippen LogP contribution in [0.4, 0.5) is 17.5 Å². The average molecular weight is 507 g/mol. The molecule has 0 aliphatic carbocycles. The van der Waals surface area contributed by atoms with Crippen molar-refractivity contribution < 1.29 is 9.53 Å². The van der Waals surface area contributed by atoms with Crippen molar-refractivity contribution in [1.82, 2.24) is 15.0 Å². The first-order valence-corrected chi connectivity index (χ1v) is 13.2. The zero-order chi connectivity index (χ0) is 24.6. The molecule has 2 saturated heterocycles. The molecule has 3 aliphatic heterocycles. The van der Waals surface area contributed by atoms with E-state index < -0.39 is 0 Å². The maximum atomic E-state index is 13.8. The van der Waals surface area contributed by atoms with Crippen molar-refractivity contribution in [2.45, 2.75) is 26.2 Å². The number of halogens is 1. The molecule has 1 N–H and O–H groups in total. The van der Waals surface area contributed by atoms with E-state index in [1.165, 1.54) is 0 Å². The minimum absolute atomic E-state index is 0.0112. The molecular weight excluding hydrogens is 476 g/mol. The van der Waals surface area contributed by atoms with E-state index in [2.05, 4.69) is 25.8 Å². The van der Waals surface area contributed by atoms with E-state index in [9.17, 15) is 4.79 Å². The van der Waals surface area contributed by atoms with Crippen molar-refractivity contribution in [1.29, 1.82) is 0 Å². The Hall–Kier alpha value is -3.10. The molecule has 2 fully saturated rings. The molecule has 6 rings (SSSR count). The van der Waals surface area contributed by atoms with Crippen LogP contribution in [0.25, 0.3) is 11.3 Å². The minimum atomic E-state index is -0.0112. The highest BCUT2D eigenvalue weighted by molar-refractivity contribution is 6.31. The number of carbonyl (C=O) groups is 1. The predicted molar refractivity (Wildman–Crippen MR) is 142 cm³/mol. The van der Waals surface area contributed by atoms with Crippen LogP contribution in [-0.2, 0) is 16.0 Å². The fraction of sp³-hybridized carbons (Fsp3) is 0.444. The first-order valence-electron chi connectivity index (χ1n) is 12.8. The molecule has 5 heterocycles. The third-order valence-corrected chi connectivity index (χ3v) is 7.71. The third-order valence-electron chi connectivity index (χ3n) is 7.48. The molecule has 3 aliphatic rings. The lowest BCUT2D eigenvalue weighted by atomic mass is 9.94. The largest absolute Gasteiger partial charge is 0.378 e. The van der Waals surface area contributed by atoms with Gasteiger partial charge in [0.15, 0.2) is 0 Å². The van der Waals surface area contributed by atoms with Gasteiger partial charge in [-0.25, -0.2) is 9.97 Å². The van der Waals surface area contributed by atoms with Crippen molar-refractivity contribution in [2.24, 2.45) is 5.92 Å². The summed E-state index contributed by atoms with van der Waals surface area (Å²) in [7, 11) is 0. The minimum Gasteiger partial charge on any atom is -0.378 e. The number of aromatic nitrogens is 3. The standard InChI is InChI=1S/C27H31ClN6O2/c1-18-3-2-4-24(29-18)32-10-7-19(8-11-32)26(35)34-12-9-22-25(21-17-20(28)5-6-23(21)34)31-27(30-22)33-13-15-36-16-14-33/h2-6,17,19H,7-16H2,1H3,(H,30,31). The number of hydrogen-bond acceptors (Lipinski definition) is 6. The number of anilines is 3. The number of nitrogens with zero attached hydrogens (tertiary/aromatic N) is 5. The summed E-state index contributed by atoms with van der Waals surface area (Å²) in [6.45, 7) is 7.32. The van der Waals surface area contributed by atoms with Crippen LogP contribution in [0.2, 0.25) is 5.02 Å². The number of rotatable bonds is 3. The van der Waals surface area contributed by atoms with Gasteiger partial charge in [-0.2, -0.15) is 0 Å². The van der Waals surface area contributed by atoms with Gasteiger partial charge in [-0.15, -0.1) is 0 Å². The Bertz CT molecular complexity index is 1260. The van der Waals surface area contributed by atoms with Crippen LogP contribution in [0.5, 0.6) is 0 Å². The molecule has 188 valence electrons. The number of fused-ring (bicyclic) bond motifs is 3. The molecule has 8 nitrogen and oxygen atoms in total. The van der Waals surface area contributed by atoms with Gasteiger partial charge in [0.2, 0.25) is 11.9 Å². The maximum absolute atomic E-state index is 13.8. The zero-order valence-corrected chi connectivity index (χ0v) is 21.3. The number of ether oxygens (including phenoxy) is 1. The van der Waals surface area contributed by atoms with Crippen LogP contribution in [-0.4, -0.2) is 66.8 Å². The van der Waals surface area contributed by atoms with E-state index in [0.717, 1.165) is 79.1 Å². The van der Waals surface area contributed by atoms with Gasteiger partial charge in [0.1, 0.15) is 5.82 Å². The van der Waals surface area contributed by atoms with Gasteiger partial charge in [0.05, 0.1) is 30.3 Å². The van der Waals surface area contributed by atoms with Crippen molar-refractivity contribution in [2.75, 3.05) is 60.6 Å². The SMILES string of the molecule is Cc1cccc(N2CCC(C(=O)N3CCc4nc(N5CCOCC5)[nH]c4-c4cc(Cl)ccc43)CC2)n1. The Kier molecular flexibility index (Phi) is 6.31. The van der Waals surface area contributed by atoms with E-state index in [-0.39, 0.29) is 11.8 Å². The third kappa shape index (κ3) is 4.44. The van der Waals surface area contributed by atoms with Gasteiger partial charge >= 0.3 is 0 Å². The monoisotopic (exact) mass is 506 g/mol. The molecule has 3 aromatic rings. The number of amides is 1. The molecule has 1 aromatic carbocycles. The van der Waals surface area contributed by atoms with Gasteiger partial charge in [-0.1, -0.05) is 17.7 Å². The summed E-state index contributed by atoms with van der Waals surface area (Å²) >= 11 is 6.44. The second kappa shape index (κ2) is 9.75. The lowest BCUT2D eigenvalue weighted by molar-refractivity contribution is -0.123. The van der Waals surface area contributed by atoms with Crippen LogP contribution in [0.1, 0.15) is 24.2 Å². The van der Waals surface area contributed by atoms with E-state index in [0.29, 0.717) is 31.2 Å². The second-order valence-corrected chi connectivity index (χ2v) is 10.2. The van der Waals surface area contributed by atoms with Crippen LogP contribution >= 0.6 is 11.6 Å². The zero-order valence-electron chi connectivity index (χ0n) is 20.5. The Morgan fingerprint density at radius 3 is 2.61 bits per heavy atom. The van der Waals surface area contributed by atoms with E-state index in [4.69, 9.17) is 21.3 Å². The summed E-state index contributed by atoms with van der Waals surface area (Å²) in [5.41, 5.74) is 4.80. The first-order chi connectivity index (χ1) is 17.6. The Labute approximate surface area is 216 Å². The summed E-state index contributed by atoms with van der Waals surface area (Å²) in [6.07, 6.45) is 2.33. The number of imidazole rings is 1. The number of aryl methyl sites for hydroxylation is 1. The molecule has 0 bridgehead atoms. The van der Waals surface area contributed by atoms with Gasteiger partial charge in [0.25, 0.3) is 0 Å². The number of carbonyl (C=O) groups excluding carboxylic acids is 1.